The van der Waals surface area contributed by atoms with E-state index in [0.29, 0.717) is 24.2 Å². The molecule has 0 spiro atoms. The van der Waals surface area contributed by atoms with E-state index in [1.54, 1.807) is 0 Å². The van der Waals surface area contributed by atoms with Gasteiger partial charge in [-0.15, -0.1) is 0 Å². The molecule has 2 aliphatic rings. The molecular weight excluding hydrogens is 340 g/mol. The summed E-state index contributed by atoms with van der Waals surface area (Å²) < 4.78 is 11.3. The molecule has 27 heavy (non-hydrogen) atoms. The molecule has 1 aromatic heterocycles. The molecule has 1 atom stereocenters. The molecule has 2 saturated heterocycles. The van der Waals surface area contributed by atoms with E-state index in [0.717, 1.165) is 54.8 Å². The average molecular weight is 368 g/mol. The maximum absolute atomic E-state index is 12.7. The van der Waals surface area contributed by atoms with Crippen molar-refractivity contribution in [3.63, 3.8) is 0 Å². The zero-order valence-electron chi connectivity index (χ0n) is 16.2. The van der Waals surface area contributed by atoms with Gasteiger partial charge in [0.05, 0.1) is 18.2 Å². The van der Waals surface area contributed by atoms with Crippen molar-refractivity contribution in [2.75, 3.05) is 31.2 Å². The van der Waals surface area contributed by atoms with Crippen LogP contribution in [0, 0.1) is 12.8 Å². The number of hydrogen-bond acceptors (Lipinski definition) is 5. The Balaban J connectivity index is 1.65. The number of benzene rings is 1. The first-order valence-corrected chi connectivity index (χ1v) is 10.1. The summed E-state index contributed by atoms with van der Waals surface area (Å²) in [6.07, 6.45) is 4.96. The number of aromatic nitrogens is 1. The normalized spacial score (nSPS) is 21.0. The van der Waals surface area contributed by atoms with Gasteiger partial charge in [0, 0.05) is 25.1 Å². The lowest BCUT2D eigenvalue weighted by Crippen LogP contribution is -2.39. The van der Waals surface area contributed by atoms with Crippen LogP contribution in [0.3, 0.4) is 0 Å². The van der Waals surface area contributed by atoms with Crippen LogP contribution in [0.2, 0.25) is 0 Å². The van der Waals surface area contributed by atoms with E-state index < -0.39 is 0 Å². The first-order chi connectivity index (χ1) is 13.2. The Bertz CT molecular complexity index is 822. The highest BCUT2D eigenvalue weighted by Gasteiger charge is 2.32. The molecule has 144 valence electrons. The third-order valence-electron chi connectivity index (χ3n) is 5.94. The molecule has 0 N–H and O–H groups in total. The minimum Gasteiger partial charge on any atom is -0.462 e. The largest absolute Gasteiger partial charge is 0.462 e. The van der Waals surface area contributed by atoms with Crippen molar-refractivity contribution in [3.8, 4) is 0 Å². The number of para-hydroxylation sites is 1. The van der Waals surface area contributed by atoms with Crippen molar-refractivity contribution >= 4 is 22.7 Å². The van der Waals surface area contributed by atoms with Gasteiger partial charge in [0.15, 0.2) is 0 Å². The summed E-state index contributed by atoms with van der Waals surface area (Å²) in [6, 6.07) is 8.01. The lowest BCUT2D eigenvalue weighted by atomic mass is 9.89. The van der Waals surface area contributed by atoms with E-state index in [4.69, 9.17) is 14.5 Å². The summed E-state index contributed by atoms with van der Waals surface area (Å²) in [4.78, 5) is 19.9. The standard InChI is InChI=1S/C22H28N2O3/c1-3-26-22(25)20-15(2)17-7-4-5-8-18(17)23-21(20)24-12-10-16(11-13-24)19-9-6-14-27-19/h4-5,7-8,16,19H,3,6,9-14H2,1-2H3. The SMILES string of the molecule is CCOC(=O)c1c(N2CCC(C3CCCO3)CC2)nc2ccccc2c1C. The lowest BCUT2D eigenvalue weighted by Gasteiger charge is -2.36. The third-order valence-corrected chi connectivity index (χ3v) is 5.94. The Hall–Kier alpha value is -2.14. The van der Waals surface area contributed by atoms with Gasteiger partial charge in [-0.3, -0.25) is 0 Å². The van der Waals surface area contributed by atoms with Crippen LogP contribution in [0.5, 0.6) is 0 Å². The Labute approximate surface area is 160 Å². The number of ether oxygens (including phenoxy) is 2. The number of hydrogen-bond donors (Lipinski definition) is 0. The van der Waals surface area contributed by atoms with Gasteiger partial charge in [0.25, 0.3) is 0 Å². The summed E-state index contributed by atoms with van der Waals surface area (Å²) in [5.74, 6) is 1.12. The number of nitrogens with zero attached hydrogens (tertiary/aromatic N) is 2. The lowest BCUT2D eigenvalue weighted by molar-refractivity contribution is 0.0514. The quantitative estimate of drug-likeness (QED) is 0.760. The maximum Gasteiger partial charge on any atom is 0.342 e. The minimum atomic E-state index is -0.274. The van der Waals surface area contributed by atoms with Crippen molar-refractivity contribution in [2.24, 2.45) is 5.92 Å². The Morgan fingerprint density at radius 3 is 2.74 bits per heavy atom. The van der Waals surface area contributed by atoms with Gasteiger partial charge < -0.3 is 14.4 Å². The van der Waals surface area contributed by atoms with Crippen LogP contribution in [0.25, 0.3) is 10.9 Å². The number of anilines is 1. The molecule has 2 aromatic rings. The van der Waals surface area contributed by atoms with Gasteiger partial charge in [0.1, 0.15) is 11.4 Å². The predicted octanol–water partition coefficient (Wildman–Crippen LogP) is 4.12. The summed E-state index contributed by atoms with van der Waals surface area (Å²) in [6.45, 7) is 6.92. The molecule has 1 aromatic carbocycles. The number of aryl methyl sites for hydroxylation is 1. The molecule has 0 saturated carbocycles. The molecule has 3 heterocycles. The summed E-state index contributed by atoms with van der Waals surface area (Å²) in [5, 5.41) is 1.01. The number of fused-ring (bicyclic) bond motifs is 1. The van der Waals surface area contributed by atoms with Crippen LogP contribution >= 0.6 is 0 Å². The fourth-order valence-electron chi connectivity index (χ4n) is 4.49. The van der Waals surface area contributed by atoms with E-state index in [-0.39, 0.29) is 5.97 Å². The summed E-state index contributed by atoms with van der Waals surface area (Å²) >= 11 is 0. The second kappa shape index (κ2) is 7.85. The average Bonchev–Trinajstić information content (AvgIpc) is 3.23. The van der Waals surface area contributed by atoms with E-state index in [2.05, 4.69) is 4.90 Å². The number of rotatable bonds is 4. The Morgan fingerprint density at radius 2 is 2.04 bits per heavy atom. The molecular formula is C22H28N2O3. The number of esters is 1. The monoisotopic (exact) mass is 368 g/mol. The highest BCUT2D eigenvalue weighted by Crippen LogP contribution is 2.34. The molecule has 5 heteroatoms. The molecule has 2 aliphatic heterocycles. The Kier molecular flexibility index (Phi) is 5.30. The molecule has 5 nitrogen and oxygen atoms in total. The van der Waals surface area contributed by atoms with Crippen LogP contribution in [0.1, 0.15) is 48.5 Å². The van der Waals surface area contributed by atoms with E-state index in [9.17, 15) is 4.79 Å². The van der Waals surface area contributed by atoms with Gasteiger partial charge in [-0.2, -0.15) is 0 Å². The third kappa shape index (κ3) is 3.53. The number of pyridine rings is 1. The van der Waals surface area contributed by atoms with Gasteiger partial charge in [-0.1, -0.05) is 18.2 Å². The number of carbonyl (C=O) groups is 1. The molecule has 1 unspecified atom stereocenters. The predicted molar refractivity (Wildman–Crippen MR) is 106 cm³/mol. The molecule has 0 bridgehead atoms. The second-order valence-corrected chi connectivity index (χ2v) is 7.55. The fraction of sp³-hybridized carbons (Fsp3) is 0.545. The molecule has 2 fully saturated rings. The van der Waals surface area contributed by atoms with E-state index >= 15 is 0 Å². The van der Waals surface area contributed by atoms with Crippen molar-refractivity contribution in [3.05, 3.63) is 35.4 Å². The van der Waals surface area contributed by atoms with E-state index in [1.165, 1.54) is 12.8 Å². The Morgan fingerprint density at radius 1 is 1.26 bits per heavy atom. The molecule has 0 amide bonds. The van der Waals surface area contributed by atoms with Crippen LogP contribution in [0.4, 0.5) is 5.82 Å². The molecule has 0 radical (unpaired) electrons. The van der Waals surface area contributed by atoms with E-state index in [1.807, 2.05) is 38.1 Å². The highest BCUT2D eigenvalue weighted by molar-refractivity contribution is 6.02. The van der Waals surface area contributed by atoms with Crippen molar-refractivity contribution in [1.29, 1.82) is 0 Å². The topological polar surface area (TPSA) is 51.7 Å². The summed E-state index contributed by atoms with van der Waals surface area (Å²) in [7, 11) is 0. The van der Waals surface area contributed by atoms with Gasteiger partial charge >= 0.3 is 5.97 Å². The van der Waals surface area contributed by atoms with Crippen molar-refractivity contribution in [1.82, 2.24) is 4.98 Å². The van der Waals surface area contributed by atoms with Gasteiger partial charge in [0.2, 0.25) is 0 Å². The van der Waals surface area contributed by atoms with Crippen LogP contribution in [0.15, 0.2) is 24.3 Å². The van der Waals surface area contributed by atoms with Crippen LogP contribution in [-0.4, -0.2) is 43.4 Å². The first kappa shape index (κ1) is 18.2. The molecule has 4 rings (SSSR count). The van der Waals surface area contributed by atoms with Crippen LogP contribution in [-0.2, 0) is 9.47 Å². The number of carbonyl (C=O) groups excluding carboxylic acids is 1. The van der Waals surface area contributed by atoms with Crippen molar-refractivity contribution < 1.29 is 14.3 Å². The minimum absolute atomic E-state index is 0.274. The zero-order valence-corrected chi connectivity index (χ0v) is 16.2. The zero-order chi connectivity index (χ0) is 18.8. The fourth-order valence-corrected chi connectivity index (χ4v) is 4.49. The first-order valence-electron chi connectivity index (χ1n) is 10.1. The van der Waals surface area contributed by atoms with Gasteiger partial charge in [-0.05, 0) is 57.1 Å². The van der Waals surface area contributed by atoms with Crippen molar-refractivity contribution in [2.45, 2.75) is 45.6 Å². The second-order valence-electron chi connectivity index (χ2n) is 7.55. The smallest absolute Gasteiger partial charge is 0.342 e. The van der Waals surface area contributed by atoms with Crippen LogP contribution < -0.4 is 4.90 Å². The van der Waals surface area contributed by atoms with Gasteiger partial charge in [-0.25, -0.2) is 9.78 Å². The summed E-state index contributed by atoms with van der Waals surface area (Å²) in [5.41, 5.74) is 2.50. The molecule has 0 aliphatic carbocycles. The highest BCUT2D eigenvalue weighted by atomic mass is 16.5. The maximum atomic E-state index is 12.7. The number of piperidine rings is 1.